The third kappa shape index (κ3) is 4.15. The van der Waals surface area contributed by atoms with Crippen LogP contribution in [0.25, 0.3) is 11.1 Å². The molecule has 1 amide bonds. The van der Waals surface area contributed by atoms with Gasteiger partial charge in [-0.25, -0.2) is 0 Å². The molecule has 4 heteroatoms. The Hall–Kier alpha value is -2.17. The first-order valence-electron chi connectivity index (χ1n) is 6.84. The molecule has 2 aromatic carbocycles. The van der Waals surface area contributed by atoms with Gasteiger partial charge in [0.05, 0.1) is 0 Å². The molecule has 3 N–H and O–H groups in total. The lowest BCUT2D eigenvalue weighted by Crippen LogP contribution is -2.34. The number of hydrogen-bond acceptors (Lipinski definition) is 3. The van der Waals surface area contributed by atoms with Gasteiger partial charge in [-0.05, 0) is 16.7 Å². The smallest absolute Gasteiger partial charge is 0.216 e. The molecule has 0 saturated carbocycles. The molecular formula is C17H19NO3. The van der Waals surface area contributed by atoms with E-state index in [0.29, 0.717) is 5.56 Å². The van der Waals surface area contributed by atoms with Crippen molar-refractivity contribution in [1.82, 2.24) is 5.32 Å². The molecule has 0 bridgehead atoms. The molecule has 0 aromatic heterocycles. The van der Waals surface area contributed by atoms with E-state index in [1.807, 2.05) is 42.5 Å². The molecule has 0 fully saturated rings. The predicted molar refractivity (Wildman–Crippen MR) is 81.5 cm³/mol. The van der Waals surface area contributed by atoms with Gasteiger partial charge >= 0.3 is 0 Å². The molecule has 0 radical (unpaired) electrons. The van der Waals surface area contributed by atoms with Crippen molar-refractivity contribution >= 4 is 5.91 Å². The third-order valence-electron chi connectivity index (χ3n) is 3.28. The van der Waals surface area contributed by atoms with Gasteiger partial charge in [0, 0.05) is 13.5 Å². The Labute approximate surface area is 124 Å². The van der Waals surface area contributed by atoms with Crippen LogP contribution in [0.2, 0.25) is 0 Å². The number of carbonyl (C=O) groups is 1. The van der Waals surface area contributed by atoms with Crippen molar-refractivity contribution in [2.75, 3.05) is 6.54 Å². The molecule has 4 nitrogen and oxygen atoms in total. The molecule has 0 aliphatic carbocycles. The number of rotatable bonds is 5. The zero-order valence-electron chi connectivity index (χ0n) is 11.9. The monoisotopic (exact) mass is 285 g/mol. The molecule has 0 spiro atoms. The first-order chi connectivity index (χ1) is 10.1. The molecule has 2 rings (SSSR count). The Morgan fingerprint density at radius 2 is 1.57 bits per heavy atom. The van der Waals surface area contributed by atoms with Crippen LogP contribution in [0.1, 0.15) is 18.6 Å². The molecule has 0 aliphatic heterocycles. The number of nitrogens with one attached hydrogen (secondary N) is 1. The molecular weight excluding hydrogens is 266 g/mol. The van der Waals surface area contributed by atoms with E-state index in [9.17, 15) is 15.0 Å². The van der Waals surface area contributed by atoms with Gasteiger partial charge in [0.1, 0.15) is 12.2 Å². The number of aliphatic hydroxyl groups is 2. The summed E-state index contributed by atoms with van der Waals surface area (Å²) >= 11 is 0. The van der Waals surface area contributed by atoms with Crippen LogP contribution >= 0.6 is 0 Å². The van der Waals surface area contributed by atoms with Crippen LogP contribution < -0.4 is 5.32 Å². The van der Waals surface area contributed by atoms with Crippen LogP contribution in [0.3, 0.4) is 0 Å². The quantitative estimate of drug-likeness (QED) is 0.785. The maximum absolute atomic E-state index is 10.8. The van der Waals surface area contributed by atoms with Gasteiger partial charge in [0.25, 0.3) is 0 Å². The fraction of sp³-hybridized carbons (Fsp3) is 0.235. The van der Waals surface area contributed by atoms with E-state index in [1.165, 1.54) is 6.92 Å². The molecule has 2 aromatic rings. The van der Waals surface area contributed by atoms with Crippen molar-refractivity contribution in [2.45, 2.75) is 19.1 Å². The Balaban J connectivity index is 2.06. The summed E-state index contributed by atoms with van der Waals surface area (Å²) in [7, 11) is 0. The highest BCUT2D eigenvalue weighted by molar-refractivity contribution is 5.72. The standard InChI is InChI=1S/C17H19NO3/c1-12(19)18-11-16(20)17(21)15-9-7-14(8-10-15)13-5-3-2-4-6-13/h2-10,16-17,20-21H,11H2,1H3,(H,18,19). The maximum Gasteiger partial charge on any atom is 0.216 e. The summed E-state index contributed by atoms with van der Waals surface area (Å²) < 4.78 is 0. The molecule has 2 unspecified atom stereocenters. The SMILES string of the molecule is CC(=O)NCC(O)C(O)c1ccc(-c2ccccc2)cc1. The summed E-state index contributed by atoms with van der Waals surface area (Å²) in [5.74, 6) is -0.235. The number of amides is 1. The first-order valence-corrected chi connectivity index (χ1v) is 6.84. The van der Waals surface area contributed by atoms with E-state index < -0.39 is 12.2 Å². The molecule has 110 valence electrons. The van der Waals surface area contributed by atoms with Crippen molar-refractivity contribution in [3.8, 4) is 11.1 Å². The Bertz CT molecular complexity index is 581. The number of carbonyl (C=O) groups excluding carboxylic acids is 1. The molecule has 0 aliphatic rings. The second-order valence-electron chi connectivity index (χ2n) is 4.94. The Kier molecular flexibility index (Phi) is 5.09. The van der Waals surface area contributed by atoms with Crippen molar-refractivity contribution in [3.05, 3.63) is 60.2 Å². The van der Waals surface area contributed by atoms with Crippen LogP contribution in [0.15, 0.2) is 54.6 Å². The van der Waals surface area contributed by atoms with Gasteiger partial charge in [0.15, 0.2) is 0 Å². The predicted octanol–water partition coefficient (Wildman–Crippen LogP) is 1.88. The minimum absolute atomic E-state index is 0.0247. The zero-order chi connectivity index (χ0) is 15.2. The van der Waals surface area contributed by atoms with Gasteiger partial charge in [-0.3, -0.25) is 4.79 Å². The largest absolute Gasteiger partial charge is 0.388 e. The van der Waals surface area contributed by atoms with Crippen LogP contribution in [0, 0.1) is 0 Å². The molecule has 0 heterocycles. The maximum atomic E-state index is 10.8. The van der Waals surface area contributed by atoms with Gasteiger partial charge in [-0.15, -0.1) is 0 Å². The molecule has 2 atom stereocenters. The van der Waals surface area contributed by atoms with E-state index >= 15 is 0 Å². The highest BCUT2D eigenvalue weighted by Crippen LogP contribution is 2.23. The number of hydrogen-bond donors (Lipinski definition) is 3. The Morgan fingerprint density at radius 3 is 2.14 bits per heavy atom. The van der Waals surface area contributed by atoms with Crippen molar-refractivity contribution in [1.29, 1.82) is 0 Å². The summed E-state index contributed by atoms with van der Waals surface area (Å²) in [6.07, 6.45) is -2.06. The summed E-state index contributed by atoms with van der Waals surface area (Å²) in [5, 5.41) is 22.4. The molecule has 21 heavy (non-hydrogen) atoms. The lowest BCUT2D eigenvalue weighted by molar-refractivity contribution is -0.119. The van der Waals surface area contributed by atoms with E-state index in [2.05, 4.69) is 5.32 Å². The second-order valence-corrected chi connectivity index (χ2v) is 4.94. The van der Waals surface area contributed by atoms with Crippen molar-refractivity contribution < 1.29 is 15.0 Å². The third-order valence-corrected chi connectivity index (χ3v) is 3.28. The van der Waals surface area contributed by atoms with Gasteiger partial charge in [-0.2, -0.15) is 0 Å². The average molecular weight is 285 g/mol. The average Bonchev–Trinajstić information content (AvgIpc) is 2.53. The van der Waals surface area contributed by atoms with E-state index in [4.69, 9.17) is 0 Å². The first kappa shape index (κ1) is 15.2. The van der Waals surface area contributed by atoms with Crippen molar-refractivity contribution in [2.24, 2.45) is 0 Å². The normalized spacial score (nSPS) is 13.5. The van der Waals surface area contributed by atoms with E-state index in [-0.39, 0.29) is 12.5 Å². The second kappa shape index (κ2) is 7.02. The lowest BCUT2D eigenvalue weighted by atomic mass is 9.99. The minimum atomic E-state index is -1.03. The van der Waals surface area contributed by atoms with Gasteiger partial charge in [-0.1, -0.05) is 54.6 Å². The van der Waals surface area contributed by atoms with Crippen LogP contribution in [-0.4, -0.2) is 28.8 Å². The fourth-order valence-electron chi connectivity index (χ4n) is 2.09. The highest BCUT2D eigenvalue weighted by Gasteiger charge is 2.18. The van der Waals surface area contributed by atoms with Crippen LogP contribution in [0.5, 0.6) is 0 Å². The zero-order valence-corrected chi connectivity index (χ0v) is 11.9. The minimum Gasteiger partial charge on any atom is -0.388 e. The molecule has 0 saturated heterocycles. The number of benzene rings is 2. The topological polar surface area (TPSA) is 69.6 Å². The van der Waals surface area contributed by atoms with Crippen LogP contribution in [0.4, 0.5) is 0 Å². The lowest BCUT2D eigenvalue weighted by Gasteiger charge is -2.18. The highest BCUT2D eigenvalue weighted by atomic mass is 16.3. The summed E-state index contributed by atoms with van der Waals surface area (Å²) in [4.78, 5) is 10.8. The van der Waals surface area contributed by atoms with Crippen LogP contribution in [-0.2, 0) is 4.79 Å². The Morgan fingerprint density at radius 1 is 1.00 bits per heavy atom. The summed E-state index contributed by atoms with van der Waals surface area (Å²) in [6, 6.07) is 17.3. The van der Waals surface area contributed by atoms with E-state index in [1.54, 1.807) is 12.1 Å². The summed E-state index contributed by atoms with van der Waals surface area (Å²) in [5.41, 5.74) is 2.76. The fourth-order valence-corrected chi connectivity index (χ4v) is 2.09. The summed E-state index contributed by atoms with van der Waals surface area (Å²) in [6.45, 7) is 1.39. The van der Waals surface area contributed by atoms with E-state index in [0.717, 1.165) is 11.1 Å². The number of aliphatic hydroxyl groups excluding tert-OH is 2. The van der Waals surface area contributed by atoms with Crippen molar-refractivity contribution in [3.63, 3.8) is 0 Å². The van der Waals surface area contributed by atoms with Gasteiger partial charge < -0.3 is 15.5 Å². The van der Waals surface area contributed by atoms with Gasteiger partial charge in [0.2, 0.25) is 5.91 Å².